The van der Waals surface area contributed by atoms with Crippen LogP contribution in [-0.2, 0) is 17.5 Å². The molecule has 5 nitrogen and oxygen atoms in total. The van der Waals surface area contributed by atoms with Gasteiger partial charge in [-0.15, -0.1) is 10.2 Å². The van der Waals surface area contributed by atoms with E-state index >= 15 is 0 Å². The van der Waals surface area contributed by atoms with Gasteiger partial charge in [0.1, 0.15) is 0 Å². The van der Waals surface area contributed by atoms with Crippen LogP contribution in [-0.4, -0.2) is 21.4 Å². The van der Waals surface area contributed by atoms with Crippen LogP contribution in [0.4, 0.5) is 24.0 Å². The summed E-state index contributed by atoms with van der Waals surface area (Å²) in [6, 6.07) is 14.4. The lowest BCUT2D eigenvalue weighted by atomic mass is 10.2. The molecule has 0 spiro atoms. The van der Waals surface area contributed by atoms with Crippen molar-refractivity contribution in [2.24, 2.45) is 0 Å². The SMILES string of the molecule is C[C@H](Sc1nnc(NCc2ccccc2)s1)C(=O)Nc1cccc(C(F)(F)F)c1. The minimum Gasteiger partial charge on any atom is -0.356 e. The molecule has 1 aromatic heterocycles. The first-order valence-corrected chi connectivity index (χ1v) is 10.3. The van der Waals surface area contributed by atoms with E-state index in [4.69, 9.17) is 0 Å². The van der Waals surface area contributed by atoms with Gasteiger partial charge >= 0.3 is 6.18 Å². The number of carbonyl (C=O) groups excluding carboxylic acids is 1. The Hall–Kier alpha value is -2.59. The van der Waals surface area contributed by atoms with Crippen LogP contribution in [0.2, 0.25) is 0 Å². The first-order chi connectivity index (χ1) is 13.8. The fourth-order valence-electron chi connectivity index (χ4n) is 2.32. The summed E-state index contributed by atoms with van der Waals surface area (Å²) in [5.41, 5.74) is 0.388. The highest BCUT2D eigenvalue weighted by atomic mass is 32.2. The van der Waals surface area contributed by atoms with Crippen LogP contribution >= 0.6 is 23.1 Å². The zero-order chi connectivity index (χ0) is 20.9. The third-order valence-corrected chi connectivity index (χ3v) is 5.86. The Balaban J connectivity index is 1.54. The smallest absolute Gasteiger partial charge is 0.356 e. The minimum absolute atomic E-state index is 0.0970. The maximum atomic E-state index is 12.8. The van der Waals surface area contributed by atoms with Crippen molar-refractivity contribution in [2.45, 2.75) is 29.2 Å². The average Bonchev–Trinajstić information content (AvgIpc) is 3.14. The molecule has 0 bridgehead atoms. The molecular formula is C19H17F3N4OS2. The van der Waals surface area contributed by atoms with E-state index < -0.39 is 22.9 Å². The van der Waals surface area contributed by atoms with Crippen molar-refractivity contribution in [3.63, 3.8) is 0 Å². The lowest BCUT2D eigenvalue weighted by Crippen LogP contribution is -2.22. The molecule has 2 aromatic carbocycles. The molecule has 3 aromatic rings. The van der Waals surface area contributed by atoms with Crippen LogP contribution in [0.15, 0.2) is 58.9 Å². The standard InChI is InChI=1S/C19H17F3N4OS2/c1-12(16(27)24-15-9-5-8-14(10-15)19(20,21)22)28-18-26-25-17(29-18)23-11-13-6-3-2-4-7-13/h2-10,12H,11H2,1H3,(H,23,25)(H,24,27)/t12-/m0/s1. The fraction of sp³-hybridized carbons (Fsp3) is 0.211. The van der Waals surface area contributed by atoms with E-state index in [0.29, 0.717) is 16.0 Å². The summed E-state index contributed by atoms with van der Waals surface area (Å²) in [7, 11) is 0. The largest absolute Gasteiger partial charge is 0.416 e. The normalized spacial score (nSPS) is 12.4. The van der Waals surface area contributed by atoms with Gasteiger partial charge in [-0.25, -0.2) is 0 Å². The van der Waals surface area contributed by atoms with Gasteiger partial charge in [0.05, 0.1) is 10.8 Å². The van der Waals surface area contributed by atoms with Crippen molar-refractivity contribution >= 4 is 39.8 Å². The lowest BCUT2D eigenvalue weighted by molar-refractivity contribution is -0.137. The molecule has 0 aliphatic heterocycles. The number of anilines is 2. The van der Waals surface area contributed by atoms with Crippen LogP contribution in [0.5, 0.6) is 0 Å². The number of amides is 1. The number of nitrogens with zero attached hydrogens (tertiary/aromatic N) is 2. The molecule has 0 fully saturated rings. The summed E-state index contributed by atoms with van der Waals surface area (Å²) < 4.78 is 39.0. The van der Waals surface area contributed by atoms with Crippen molar-refractivity contribution in [2.75, 3.05) is 10.6 Å². The average molecular weight is 439 g/mol. The molecule has 0 radical (unpaired) electrons. The van der Waals surface area contributed by atoms with Crippen molar-refractivity contribution in [1.29, 1.82) is 0 Å². The van der Waals surface area contributed by atoms with Crippen LogP contribution < -0.4 is 10.6 Å². The Labute approximate surface area is 173 Å². The maximum Gasteiger partial charge on any atom is 0.416 e. The van der Waals surface area contributed by atoms with Gasteiger partial charge in [-0.05, 0) is 30.7 Å². The molecule has 0 aliphatic rings. The molecule has 0 saturated heterocycles. The summed E-state index contributed by atoms with van der Waals surface area (Å²) in [6.07, 6.45) is -4.46. The topological polar surface area (TPSA) is 66.9 Å². The first kappa shape index (κ1) is 21.1. The Kier molecular flexibility index (Phi) is 6.75. The molecule has 2 N–H and O–H groups in total. The van der Waals surface area contributed by atoms with E-state index in [2.05, 4.69) is 20.8 Å². The number of nitrogens with one attached hydrogen (secondary N) is 2. The molecule has 3 rings (SSSR count). The minimum atomic E-state index is -4.46. The van der Waals surface area contributed by atoms with Crippen LogP contribution in [0.25, 0.3) is 0 Å². The second-order valence-electron chi connectivity index (χ2n) is 6.04. The predicted octanol–water partition coefficient (Wildman–Crippen LogP) is 5.29. The highest BCUT2D eigenvalue weighted by molar-refractivity contribution is 8.02. The number of alkyl halides is 3. The third kappa shape index (κ3) is 6.20. The Morgan fingerprint density at radius 1 is 1.14 bits per heavy atom. The molecular weight excluding hydrogens is 421 g/mol. The molecule has 0 unspecified atom stereocenters. The number of halogens is 3. The number of hydrogen-bond acceptors (Lipinski definition) is 6. The number of thioether (sulfide) groups is 1. The quantitative estimate of drug-likeness (QED) is 0.491. The van der Waals surface area contributed by atoms with Crippen molar-refractivity contribution < 1.29 is 18.0 Å². The zero-order valence-electron chi connectivity index (χ0n) is 15.2. The van der Waals surface area contributed by atoms with Gasteiger partial charge in [-0.2, -0.15) is 13.2 Å². The molecule has 10 heteroatoms. The van der Waals surface area contributed by atoms with Crippen molar-refractivity contribution in [3.05, 3.63) is 65.7 Å². The van der Waals surface area contributed by atoms with Gasteiger partial charge in [0.25, 0.3) is 0 Å². The summed E-state index contributed by atoms with van der Waals surface area (Å²) in [4.78, 5) is 12.3. The predicted molar refractivity (Wildman–Crippen MR) is 109 cm³/mol. The van der Waals surface area contributed by atoms with E-state index in [0.717, 1.165) is 17.7 Å². The van der Waals surface area contributed by atoms with E-state index in [-0.39, 0.29) is 5.69 Å². The van der Waals surface area contributed by atoms with Crippen LogP contribution in [0.3, 0.4) is 0 Å². The third-order valence-electron chi connectivity index (χ3n) is 3.80. The van der Waals surface area contributed by atoms with Gasteiger partial charge < -0.3 is 10.6 Å². The lowest BCUT2D eigenvalue weighted by Gasteiger charge is -2.12. The summed E-state index contributed by atoms with van der Waals surface area (Å²) >= 11 is 2.50. The highest BCUT2D eigenvalue weighted by Crippen LogP contribution is 2.32. The molecule has 1 atom stereocenters. The second kappa shape index (κ2) is 9.27. The highest BCUT2D eigenvalue weighted by Gasteiger charge is 2.30. The van der Waals surface area contributed by atoms with E-state index in [9.17, 15) is 18.0 Å². The zero-order valence-corrected chi connectivity index (χ0v) is 16.9. The van der Waals surface area contributed by atoms with E-state index in [1.165, 1.54) is 35.2 Å². The van der Waals surface area contributed by atoms with Gasteiger partial charge in [-0.1, -0.05) is 59.5 Å². The molecule has 29 heavy (non-hydrogen) atoms. The van der Waals surface area contributed by atoms with E-state index in [1.807, 2.05) is 30.3 Å². The van der Waals surface area contributed by atoms with Gasteiger partial charge in [0.2, 0.25) is 11.0 Å². The van der Waals surface area contributed by atoms with Crippen LogP contribution in [0.1, 0.15) is 18.1 Å². The van der Waals surface area contributed by atoms with Gasteiger partial charge in [0, 0.05) is 12.2 Å². The Morgan fingerprint density at radius 2 is 1.90 bits per heavy atom. The number of rotatable bonds is 7. The second-order valence-corrected chi connectivity index (χ2v) is 8.61. The first-order valence-electron chi connectivity index (χ1n) is 8.57. The number of aromatic nitrogens is 2. The van der Waals surface area contributed by atoms with Gasteiger partial charge in [-0.3, -0.25) is 4.79 Å². The number of hydrogen-bond donors (Lipinski definition) is 2. The molecule has 0 aliphatic carbocycles. The number of benzene rings is 2. The molecule has 152 valence electrons. The molecule has 0 saturated carbocycles. The van der Waals surface area contributed by atoms with Crippen molar-refractivity contribution in [3.8, 4) is 0 Å². The van der Waals surface area contributed by atoms with Gasteiger partial charge in [0.15, 0.2) is 4.34 Å². The Morgan fingerprint density at radius 3 is 2.62 bits per heavy atom. The molecule has 1 heterocycles. The summed E-state index contributed by atoms with van der Waals surface area (Å²) in [5.74, 6) is -0.414. The van der Waals surface area contributed by atoms with Crippen molar-refractivity contribution in [1.82, 2.24) is 10.2 Å². The monoisotopic (exact) mass is 438 g/mol. The van der Waals surface area contributed by atoms with E-state index in [1.54, 1.807) is 6.92 Å². The maximum absolute atomic E-state index is 12.8. The summed E-state index contributed by atoms with van der Waals surface area (Å²) in [6.45, 7) is 2.26. The molecule has 1 amide bonds. The number of carbonyl (C=O) groups is 1. The Bertz CT molecular complexity index is 963. The summed E-state index contributed by atoms with van der Waals surface area (Å²) in [5, 5.41) is 13.8. The fourth-order valence-corrected chi connectivity index (χ4v) is 4.22. The van der Waals surface area contributed by atoms with Crippen LogP contribution in [0, 0.1) is 0 Å².